The normalized spacial score (nSPS) is 31.1. The van der Waals surface area contributed by atoms with Crippen LogP contribution in [0.3, 0.4) is 0 Å². The van der Waals surface area contributed by atoms with E-state index in [1.807, 2.05) is 37.3 Å². The number of hydrogen-bond acceptors (Lipinski definition) is 12. The number of hydrogen-bond donors (Lipinski definition) is 1. The summed E-state index contributed by atoms with van der Waals surface area (Å²) in [7, 11) is -2.34. The smallest absolute Gasteiger partial charge is 0.307 e. The van der Waals surface area contributed by atoms with Crippen molar-refractivity contribution < 1.29 is 46.5 Å². The van der Waals surface area contributed by atoms with Crippen molar-refractivity contribution in [3.63, 3.8) is 0 Å². The molecule has 15 heteroatoms. The fourth-order valence-electron chi connectivity index (χ4n) is 10.1. The number of sulfonamides is 1. The third-order valence-corrected chi connectivity index (χ3v) is 16.2. The number of carbonyl (C=O) groups is 4. The SMILES string of the molecule is COc1ccc2nc(C)c3c(c2c1)[C@H](N1CCOCC1)C[C@]1(C[C@H]2C(=O)C[C@]4(C(=O)NS(=O)(=O)C5(C)CC5)C[C@H]4/C=C\CCCCC[C@H](CC(=O)OC(C)(C)C)C(=O)N2C1)O3. The average Bonchev–Trinajstić information content (AvgIpc) is 4.10. The number of pyridine rings is 1. The van der Waals surface area contributed by atoms with E-state index in [-0.39, 0.29) is 49.5 Å². The van der Waals surface area contributed by atoms with E-state index < -0.39 is 55.2 Å². The second kappa shape index (κ2) is 16.2. The second-order valence-electron chi connectivity index (χ2n) is 19.7. The zero-order valence-electron chi connectivity index (χ0n) is 36.5. The standard InChI is InChI=1S/C46H62N4O10S/c1-29-40-39(33-23-32(57-6)14-15-34(33)47-29)36(49-18-20-58-21-19-49)26-45(60-40)25-35-37(51)27-46(42(54)48-61(55,56)44(5)16-17-44)24-31(46)13-11-9-7-8-10-12-30(41(53)50(35)28-45)22-38(52)59-43(2,3)4/h11,13-15,23,30-31,35-36H,7-10,12,16-22,24-28H2,1-6H3,(H,48,54)/b13-11-/t30-,31-,35+,36-,45+,46-/m1/s1. The highest BCUT2D eigenvalue weighted by molar-refractivity contribution is 7.91. The molecule has 1 spiro atoms. The van der Waals surface area contributed by atoms with Gasteiger partial charge in [0.2, 0.25) is 21.8 Å². The van der Waals surface area contributed by atoms with Gasteiger partial charge in [-0.15, -0.1) is 0 Å². The van der Waals surface area contributed by atoms with E-state index in [2.05, 4.69) is 9.62 Å². The van der Waals surface area contributed by atoms with Crippen LogP contribution in [0.1, 0.15) is 122 Å². The minimum absolute atomic E-state index is 0.0815. The predicted molar refractivity (Wildman–Crippen MR) is 227 cm³/mol. The highest BCUT2D eigenvalue weighted by Crippen LogP contribution is 2.58. The molecule has 4 aliphatic heterocycles. The zero-order valence-corrected chi connectivity index (χ0v) is 37.4. The minimum Gasteiger partial charge on any atom is -0.497 e. The second-order valence-corrected chi connectivity index (χ2v) is 21.9. The number of ketones is 1. The fraction of sp³-hybridized carbons (Fsp3) is 0.674. The first-order chi connectivity index (χ1) is 28.9. The van der Waals surface area contributed by atoms with Crippen molar-refractivity contribution in [2.45, 2.75) is 140 Å². The number of nitrogens with zero attached hydrogens (tertiary/aromatic N) is 3. The van der Waals surface area contributed by atoms with Crippen LogP contribution in [-0.2, 0) is 38.7 Å². The number of carbonyl (C=O) groups excluding carboxylic acids is 4. The van der Waals surface area contributed by atoms with E-state index >= 15 is 9.59 Å². The fourth-order valence-corrected chi connectivity index (χ4v) is 11.5. The molecular weight excluding hydrogens is 801 g/mol. The summed E-state index contributed by atoms with van der Waals surface area (Å²) in [6.07, 6.45) is 8.98. The molecule has 2 amide bonds. The molecule has 2 aromatic rings. The van der Waals surface area contributed by atoms with Crippen LogP contribution >= 0.6 is 0 Å². The molecule has 0 bridgehead atoms. The molecule has 2 saturated heterocycles. The summed E-state index contributed by atoms with van der Waals surface area (Å²) < 4.78 is 52.5. The van der Waals surface area contributed by atoms with Gasteiger partial charge >= 0.3 is 5.97 Å². The molecule has 8 rings (SSSR count). The molecule has 61 heavy (non-hydrogen) atoms. The molecule has 6 atom stereocenters. The van der Waals surface area contributed by atoms with Gasteiger partial charge < -0.3 is 23.8 Å². The average molecular weight is 863 g/mol. The molecule has 0 unspecified atom stereocenters. The van der Waals surface area contributed by atoms with E-state index in [1.165, 1.54) is 0 Å². The van der Waals surface area contributed by atoms with Crippen LogP contribution < -0.4 is 14.2 Å². The van der Waals surface area contributed by atoms with Crippen LogP contribution in [0.15, 0.2) is 30.4 Å². The monoisotopic (exact) mass is 862 g/mol. The number of allylic oxidation sites excluding steroid dienone is 2. The molecule has 2 saturated carbocycles. The lowest BCUT2D eigenvalue weighted by molar-refractivity contribution is -0.159. The lowest BCUT2D eigenvalue weighted by atomic mass is 9.81. The summed E-state index contributed by atoms with van der Waals surface area (Å²) >= 11 is 0. The van der Waals surface area contributed by atoms with Gasteiger partial charge in [0.25, 0.3) is 0 Å². The van der Waals surface area contributed by atoms with Crippen LogP contribution in [-0.4, -0.2) is 109 Å². The maximum atomic E-state index is 15.2. The Labute approximate surface area is 359 Å². The van der Waals surface area contributed by atoms with Crippen molar-refractivity contribution >= 4 is 44.5 Å². The Kier molecular flexibility index (Phi) is 11.6. The van der Waals surface area contributed by atoms with Gasteiger partial charge in [0.1, 0.15) is 22.7 Å². The van der Waals surface area contributed by atoms with E-state index in [9.17, 15) is 18.0 Å². The molecule has 0 radical (unpaired) electrons. The molecule has 5 heterocycles. The zero-order chi connectivity index (χ0) is 43.5. The van der Waals surface area contributed by atoms with Crippen molar-refractivity contribution in [2.24, 2.45) is 17.3 Å². The Morgan fingerprint density at radius 2 is 1.77 bits per heavy atom. The molecule has 2 aliphatic carbocycles. The van der Waals surface area contributed by atoms with Crippen LogP contribution in [0.2, 0.25) is 0 Å². The Morgan fingerprint density at radius 3 is 2.48 bits per heavy atom. The van der Waals surface area contributed by atoms with Gasteiger partial charge in [0.15, 0.2) is 5.78 Å². The highest BCUT2D eigenvalue weighted by atomic mass is 32.2. The van der Waals surface area contributed by atoms with Crippen LogP contribution in [0.5, 0.6) is 11.5 Å². The summed E-state index contributed by atoms with van der Waals surface area (Å²) in [5.74, 6) is -1.57. The largest absolute Gasteiger partial charge is 0.497 e. The van der Waals surface area contributed by atoms with Crippen molar-refractivity contribution in [3.8, 4) is 11.5 Å². The quantitative estimate of drug-likeness (QED) is 0.260. The van der Waals surface area contributed by atoms with Gasteiger partial charge in [-0.3, -0.25) is 28.8 Å². The Hall–Kier alpha value is -4.08. The van der Waals surface area contributed by atoms with Crippen LogP contribution in [0.4, 0.5) is 0 Å². The first-order valence-electron chi connectivity index (χ1n) is 22.1. The number of amides is 2. The number of Topliss-reactive ketones (excluding diaryl/α,β-unsaturated/α-hetero) is 1. The number of rotatable bonds is 7. The van der Waals surface area contributed by atoms with Crippen molar-refractivity contribution in [1.29, 1.82) is 0 Å². The number of aromatic nitrogens is 1. The van der Waals surface area contributed by atoms with Gasteiger partial charge in [-0.2, -0.15) is 0 Å². The lowest BCUT2D eigenvalue weighted by Gasteiger charge is -2.45. The topological polar surface area (TPSA) is 171 Å². The van der Waals surface area contributed by atoms with Crippen LogP contribution in [0, 0.1) is 24.2 Å². The first kappa shape index (κ1) is 43.6. The Morgan fingerprint density at radius 1 is 1.03 bits per heavy atom. The highest BCUT2D eigenvalue weighted by Gasteiger charge is 2.64. The minimum atomic E-state index is -3.97. The molecule has 1 aromatic heterocycles. The number of morpholine rings is 1. The number of benzene rings is 1. The van der Waals surface area contributed by atoms with Crippen molar-refractivity contribution in [2.75, 3.05) is 40.0 Å². The molecule has 4 fully saturated rings. The molecule has 1 aromatic carbocycles. The van der Waals surface area contributed by atoms with Crippen molar-refractivity contribution in [1.82, 2.24) is 19.5 Å². The van der Waals surface area contributed by atoms with E-state index in [4.69, 9.17) is 23.9 Å². The lowest BCUT2D eigenvalue weighted by Crippen LogP contribution is -2.50. The van der Waals surface area contributed by atoms with Crippen LogP contribution in [0.25, 0.3) is 10.9 Å². The maximum absolute atomic E-state index is 15.2. The third-order valence-electron chi connectivity index (χ3n) is 14.0. The summed E-state index contributed by atoms with van der Waals surface area (Å²) in [4.78, 5) is 66.9. The third kappa shape index (κ3) is 8.67. The van der Waals surface area contributed by atoms with Gasteiger partial charge in [-0.25, -0.2) is 13.4 Å². The number of esters is 1. The number of fused-ring (bicyclic) bond motifs is 5. The van der Waals surface area contributed by atoms with Gasteiger partial charge in [-0.05, 0) is 97.3 Å². The number of ether oxygens (including phenoxy) is 4. The number of methoxy groups -OCH3 is 1. The summed E-state index contributed by atoms with van der Waals surface area (Å²) in [5, 5.41) is 0.902. The van der Waals surface area contributed by atoms with Gasteiger partial charge in [-0.1, -0.05) is 25.0 Å². The van der Waals surface area contributed by atoms with E-state index in [0.29, 0.717) is 82.0 Å². The molecule has 6 aliphatic rings. The molecule has 1 N–H and O–H groups in total. The number of aryl methyl sites for hydroxylation is 1. The predicted octanol–water partition coefficient (Wildman–Crippen LogP) is 5.88. The van der Waals surface area contributed by atoms with Crippen molar-refractivity contribution in [3.05, 3.63) is 41.6 Å². The molecule has 332 valence electrons. The van der Waals surface area contributed by atoms with Gasteiger partial charge in [0, 0.05) is 55.3 Å². The van der Waals surface area contributed by atoms with E-state index in [1.54, 1.807) is 39.7 Å². The summed E-state index contributed by atoms with van der Waals surface area (Å²) in [6, 6.07) is 4.63. The number of nitrogens with one attached hydrogen (secondary N) is 1. The summed E-state index contributed by atoms with van der Waals surface area (Å²) in [5.41, 5.74) is -0.591. The molecular formula is C46H62N4O10S. The maximum Gasteiger partial charge on any atom is 0.307 e. The van der Waals surface area contributed by atoms with E-state index in [0.717, 1.165) is 35.7 Å². The Bertz CT molecular complexity index is 2230. The first-order valence-corrected chi connectivity index (χ1v) is 23.6. The van der Waals surface area contributed by atoms with Gasteiger partial charge in [0.05, 0.1) is 60.7 Å². The molecule has 14 nitrogen and oxygen atoms in total. The summed E-state index contributed by atoms with van der Waals surface area (Å²) in [6.45, 7) is 11.5. The Balaban J connectivity index is 1.20.